The van der Waals surface area contributed by atoms with Crippen molar-refractivity contribution >= 4 is 16.9 Å². The number of nitrogens with zero attached hydrogens (tertiary/aromatic N) is 2. The monoisotopic (exact) mass is 471 g/mol. The topological polar surface area (TPSA) is 65.4 Å². The van der Waals surface area contributed by atoms with Crippen molar-refractivity contribution in [2.24, 2.45) is 0 Å². The van der Waals surface area contributed by atoms with Crippen molar-refractivity contribution in [2.75, 3.05) is 13.7 Å². The zero-order chi connectivity index (χ0) is 24.8. The Kier molecular flexibility index (Phi) is 7.70. The molecule has 1 N–H and O–H groups in total. The Balaban J connectivity index is 1.44. The van der Waals surface area contributed by atoms with Crippen LogP contribution in [-0.4, -0.2) is 29.2 Å². The number of aromatic nitrogens is 2. The van der Waals surface area contributed by atoms with Crippen LogP contribution in [0.2, 0.25) is 0 Å². The highest BCUT2D eigenvalue weighted by Gasteiger charge is 2.20. The fraction of sp³-hybridized carbons (Fsp3) is 0.310. The van der Waals surface area contributed by atoms with E-state index in [1.807, 2.05) is 49.4 Å². The lowest BCUT2D eigenvalue weighted by Crippen LogP contribution is -2.29. The van der Waals surface area contributed by atoms with Gasteiger partial charge in [0.25, 0.3) is 5.91 Å². The summed E-state index contributed by atoms with van der Waals surface area (Å²) in [5.74, 6) is 2.15. The summed E-state index contributed by atoms with van der Waals surface area (Å²) in [7, 11) is 1.57. The number of benzene rings is 3. The molecule has 1 aromatic heterocycles. The van der Waals surface area contributed by atoms with Crippen LogP contribution >= 0.6 is 0 Å². The van der Waals surface area contributed by atoms with Gasteiger partial charge in [0.2, 0.25) is 0 Å². The summed E-state index contributed by atoms with van der Waals surface area (Å²) in [6.07, 6.45) is 1.85. The first kappa shape index (κ1) is 24.3. The van der Waals surface area contributed by atoms with Crippen LogP contribution in [0.1, 0.15) is 53.1 Å². The van der Waals surface area contributed by atoms with Crippen LogP contribution in [0.5, 0.6) is 11.5 Å². The number of hydrogen-bond donors (Lipinski definition) is 1. The van der Waals surface area contributed by atoms with Gasteiger partial charge in [-0.3, -0.25) is 4.79 Å². The first-order chi connectivity index (χ1) is 17.0. The number of rotatable bonds is 10. The average Bonchev–Trinajstić information content (AvgIpc) is 3.25. The molecule has 0 aliphatic rings. The highest BCUT2D eigenvalue weighted by Crippen LogP contribution is 2.24. The van der Waals surface area contributed by atoms with Gasteiger partial charge in [-0.1, -0.05) is 36.4 Å². The van der Waals surface area contributed by atoms with Gasteiger partial charge >= 0.3 is 0 Å². The predicted molar refractivity (Wildman–Crippen MR) is 139 cm³/mol. The van der Waals surface area contributed by atoms with Gasteiger partial charge in [0.15, 0.2) is 0 Å². The summed E-state index contributed by atoms with van der Waals surface area (Å²) in [5, 5.41) is 3.10. The van der Waals surface area contributed by atoms with Crippen molar-refractivity contribution in [1.82, 2.24) is 14.9 Å². The molecule has 3 aromatic carbocycles. The number of methoxy groups -OCH3 is 1. The minimum absolute atomic E-state index is 0.185. The normalized spacial score (nSPS) is 11.9. The molecule has 0 spiro atoms. The van der Waals surface area contributed by atoms with Crippen molar-refractivity contribution in [3.8, 4) is 11.5 Å². The summed E-state index contributed by atoms with van der Waals surface area (Å²) in [4.78, 5) is 17.8. The zero-order valence-corrected chi connectivity index (χ0v) is 20.9. The van der Waals surface area contributed by atoms with Crippen molar-refractivity contribution in [3.63, 3.8) is 0 Å². The summed E-state index contributed by atoms with van der Waals surface area (Å²) < 4.78 is 13.6. The lowest BCUT2D eigenvalue weighted by Gasteiger charge is -2.17. The van der Waals surface area contributed by atoms with Crippen LogP contribution in [0, 0.1) is 13.8 Å². The largest absolute Gasteiger partial charge is 0.496 e. The van der Waals surface area contributed by atoms with Gasteiger partial charge in [-0.05, 0) is 75.1 Å². The van der Waals surface area contributed by atoms with E-state index < -0.39 is 0 Å². The number of unbranched alkanes of at least 4 members (excludes halogenated alkanes) is 1. The van der Waals surface area contributed by atoms with E-state index in [1.54, 1.807) is 19.2 Å². The molecule has 1 heterocycles. The second-order valence-electron chi connectivity index (χ2n) is 8.76. The van der Waals surface area contributed by atoms with Crippen LogP contribution < -0.4 is 14.8 Å². The maximum Gasteiger partial charge on any atom is 0.255 e. The summed E-state index contributed by atoms with van der Waals surface area (Å²) >= 11 is 0. The maximum absolute atomic E-state index is 13.0. The first-order valence-electron chi connectivity index (χ1n) is 12.1. The number of carbonyl (C=O) groups is 1. The number of amides is 1. The Morgan fingerprint density at radius 2 is 1.71 bits per heavy atom. The Bertz CT molecular complexity index is 1310. The fourth-order valence-corrected chi connectivity index (χ4v) is 4.27. The quantitative estimate of drug-likeness (QED) is 0.288. The number of para-hydroxylation sites is 3. The number of imidazole rings is 1. The standard InChI is InChI=1S/C29H33N3O3/c1-20-12-11-17-26(21(20)2)35-19-10-9-18-32-25-15-7-6-14-24(25)31-28(32)22(3)30-29(33)23-13-5-8-16-27(23)34-4/h5-8,11-17,22H,9-10,18-19H2,1-4H3,(H,30,33). The van der Waals surface area contributed by atoms with E-state index in [0.29, 0.717) is 17.9 Å². The first-order valence-corrected chi connectivity index (χ1v) is 12.1. The molecular formula is C29H33N3O3. The Morgan fingerprint density at radius 3 is 2.54 bits per heavy atom. The molecule has 0 fully saturated rings. The van der Waals surface area contributed by atoms with Crippen LogP contribution in [0.3, 0.4) is 0 Å². The molecule has 35 heavy (non-hydrogen) atoms. The van der Waals surface area contributed by atoms with Gasteiger partial charge in [-0.15, -0.1) is 0 Å². The van der Waals surface area contributed by atoms with E-state index in [-0.39, 0.29) is 11.9 Å². The molecular weight excluding hydrogens is 438 g/mol. The number of nitrogens with one attached hydrogen (secondary N) is 1. The lowest BCUT2D eigenvalue weighted by molar-refractivity contribution is 0.0934. The minimum Gasteiger partial charge on any atom is -0.496 e. The summed E-state index contributed by atoms with van der Waals surface area (Å²) in [6, 6.07) is 21.2. The van der Waals surface area contributed by atoms with Crippen molar-refractivity contribution in [3.05, 3.63) is 89.2 Å². The SMILES string of the molecule is COc1ccccc1C(=O)NC(C)c1nc2ccccc2n1CCCCOc1cccc(C)c1C. The van der Waals surface area contributed by atoms with Crippen LogP contribution in [-0.2, 0) is 6.54 Å². The van der Waals surface area contributed by atoms with Crippen LogP contribution in [0.25, 0.3) is 11.0 Å². The van der Waals surface area contributed by atoms with E-state index in [4.69, 9.17) is 14.5 Å². The lowest BCUT2D eigenvalue weighted by atomic mass is 10.1. The third-order valence-corrected chi connectivity index (χ3v) is 6.36. The molecule has 4 rings (SSSR count). The average molecular weight is 472 g/mol. The van der Waals surface area contributed by atoms with E-state index in [1.165, 1.54) is 11.1 Å². The summed E-state index contributed by atoms with van der Waals surface area (Å²) in [6.45, 7) is 7.61. The predicted octanol–water partition coefficient (Wildman–Crippen LogP) is 6.01. The third kappa shape index (κ3) is 5.48. The van der Waals surface area contributed by atoms with E-state index >= 15 is 0 Å². The number of ether oxygens (including phenoxy) is 2. The molecule has 1 unspecified atom stereocenters. The van der Waals surface area contributed by atoms with Gasteiger partial charge in [0.05, 0.1) is 36.4 Å². The van der Waals surface area contributed by atoms with Gasteiger partial charge in [-0.25, -0.2) is 4.98 Å². The van der Waals surface area contributed by atoms with Gasteiger partial charge in [0, 0.05) is 6.54 Å². The molecule has 182 valence electrons. The second kappa shape index (κ2) is 11.1. The fourth-order valence-electron chi connectivity index (χ4n) is 4.27. The molecule has 6 heteroatoms. The zero-order valence-electron chi connectivity index (χ0n) is 20.9. The van der Waals surface area contributed by atoms with Crippen molar-refractivity contribution in [2.45, 2.75) is 46.2 Å². The molecule has 1 atom stereocenters. The molecule has 0 saturated heterocycles. The number of aryl methyl sites for hydroxylation is 2. The number of hydrogen-bond acceptors (Lipinski definition) is 4. The Hall–Kier alpha value is -3.80. The number of carbonyl (C=O) groups excluding carboxylic acids is 1. The molecule has 0 aliphatic heterocycles. The number of fused-ring (bicyclic) bond motifs is 1. The maximum atomic E-state index is 13.0. The Labute approximate surface area is 206 Å². The van der Waals surface area contributed by atoms with Gasteiger partial charge in [-0.2, -0.15) is 0 Å². The van der Waals surface area contributed by atoms with Crippen molar-refractivity contribution < 1.29 is 14.3 Å². The second-order valence-corrected chi connectivity index (χ2v) is 8.76. The highest BCUT2D eigenvalue weighted by atomic mass is 16.5. The molecule has 4 aromatic rings. The molecule has 0 bridgehead atoms. The van der Waals surface area contributed by atoms with Gasteiger partial charge < -0.3 is 19.4 Å². The molecule has 0 aliphatic carbocycles. The smallest absolute Gasteiger partial charge is 0.255 e. The molecule has 0 saturated carbocycles. The van der Waals surface area contributed by atoms with Crippen molar-refractivity contribution in [1.29, 1.82) is 0 Å². The summed E-state index contributed by atoms with van der Waals surface area (Å²) in [5.41, 5.74) is 4.92. The van der Waals surface area contributed by atoms with E-state index in [0.717, 1.165) is 42.0 Å². The van der Waals surface area contributed by atoms with Crippen LogP contribution in [0.4, 0.5) is 0 Å². The third-order valence-electron chi connectivity index (χ3n) is 6.36. The molecule has 6 nitrogen and oxygen atoms in total. The molecule has 1 amide bonds. The molecule has 0 radical (unpaired) electrons. The van der Waals surface area contributed by atoms with E-state index in [2.05, 4.69) is 35.9 Å². The van der Waals surface area contributed by atoms with Gasteiger partial charge in [0.1, 0.15) is 17.3 Å². The minimum atomic E-state index is -0.272. The Morgan fingerprint density at radius 1 is 0.971 bits per heavy atom. The van der Waals surface area contributed by atoms with Crippen LogP contribution in [0.15, 0.2) is 66.7 Å². The highest BCUT2D eigenvalue weighted by molar-refractivity contribution is 5.97. The van der Waals surface area contributed by atoms with E-state index in [9.17, 15) is 4.79 Å².